The second-order valence-electron chi connectivity index (χ2n) is 15.0. The summed E-state index contributed by atoms with van der Waals surface area (Å²) in [6, 6.07) is 28.2. The number of aromatic amines is 1. The third-order valence-corrected chi connectivity index (χ3v) is 11.2. The Morgan fingerprint density at radius 2 is 1.68 bits per heavy atom. The smallest absolute Gasteiger partial charge is 0.408 e. The molecular formula is C45H50N4O8. The van der Waals surface area contributed by atoms with Gasteiger partial charge in [0, 0.05) is 24.5 Å². The highest BCUT2D eigenvalue weighted by Gasteiger charge is 2.37. The number of phenols is 1. The third-order valence-electron chi connectivity index (χ3n) is 11.2. The van der Waals surface area contributed by atoms with E-state index in [1.54, 1.807) is 24.3 Å². The molecule has 12 nitrogen and oxygen atoms in total. The summed E-state index contributed by atoms with van der Waals surface area (Å²) < 4.78 is 12.3. The minimum Gasteiger partial charge on any atom is -0.506 e. The van der Waals surface area contributed by atoms with Gasteiger partial charge in [-0.3, -0.25) is 9.69 Å². The van der Waals surface area contributed by atoms with Crippen molar-refractivity contribution in [2.45, 2.75) is 63.4 Å². The monoisotopic (exact) mass is 774 g/mol. The first kappa shape index (κ1) is 39.5. The lowest BCUT2D eigenvalue weighted by Gasteiger charge is -2.43. The average Bonchev–Trinajstić information content (AvgIpc) is 3.23. The lowest BCUT2D eigenvalue weighted by molar-refractivity contribution is -0.0336. The Balaban J connectivity index is 0.935. The second kappa shape index (κ2) is 18.5. The fourth-order valence-corrected chi connectivity index (χ4v) is 8.06. The number of phenolic OH excluding ortho intramolecular Hbond substituents is 1. The highest BCUT2D eigenvalue weighted by atomic mass is 16.6. The molecule has 0 radical (unpaired) electrons. The van der Waals surface area contributed by atoms with Gasteiger partial charge in [0.2, 0.25) is 5.56 Å². The highest BCUT2D eigenvalue weighted by Crippen LogP contribution is 2.32. The van der Waals surface area contributed by atoms with Gasteiger partial charge in [0.1, 0.15) is 24.2 Å². The number of aryl methyl sites for hydroxylation is 1. The number of carboxylic acid groups (broad SMARTS) is 1. The fourth-order valence-electron chi connectivity index (χ4n) is 8.06. The van der Waals surface area contributed by atoms with Crippen LogP contribution in [0.3, 0.4) is 0 Å². The van der Waals surface area contributed by atoms with Gasteiger partial charge in [0.25, 0.3) is 0 Å². The van der Waals surface area contributed by atoms with Crippen molar-refractivity contribution in [3.63, 3.8) is 0 Å². The van der Waals surface area contributed by atoms with Gasteiger partial charge in [-0.2, -0.15) is 0 Å². The number of nitrogens with one attached hydrogen (secondary N) is 3. The number of carbonyl (C=O) groups is 2. The summed E-state index contributed by atoms with van der Waals surface area (Å²) in [7, 11) is 0. The van der Waals surface area contributed by atoms with Crippen LogP contribution in [0.25, 0.3) is 10.9 Å². The Hall–Kier alpha value is -5.69. The second-order valence-corrected chi connectivity index (χ2v) is 15.0. The maximum atomic E-state index is 13.3. The van der Waals surface area contributed by atoms with Crippen LogP contribution < -0.4 is 20.9 Å². The first-order chi connectivity index (χ1) is 27.7. The van der Waals surface area contributed by atoms with Crippen LogP contribution in [0.2, 0.25) is 0 Å². The van der Waals surface area contributed by atoms with Gasteiger partial charge in [0.15, 0.2) is 0 Å². The number of carboxylic acids is 1. The molecule has 1 unspecified atom stereocenters. The van der Waals surface area contributed by atoms with Crippen LogP contribution in [0.15, 0.2) is 102 Å². The molecule has 4 heterocycles. The normalized spacial score (nSPS) is 18.5. The molecule has 1 amide bonds. The molecule has 3 aliphatic rings. The van der Waals surface area contributed by atoms with Crippen molar-refractivity contribution >= 4 is 23.0 Å². The maximum Gasteiger partial charge on any atom is 0.408 e. The molecule has 57 heavy (non-hydrogen) atoms. The molecule has 12 heteroatoms. The van der Waals surface area contributed by atoms with Crippen molar-refractivity contribution < 1.29 is 34.4 Å². The molecule has 0 saturated carbocycles. The molecule has 2 bridgehead atoms. The highest BCUT2D eigenvalue weighted by molar-refractivity contribution is 5.88. The molecule has 0 aliphatic carbocycles. The Bertz CT molecular complexity index is 2220. The van der Waals surface area contributed by atoms with E-state index in [4.69, 9.17) is 9.47 Å². The number of aromatic carboxylic acids is 1. The molecule has 3 aliphatic heterocycles. The number of aliphatic hydroxyl groups excluding tert-OH is 1. The number of hydrogen-bond donors (Lipinski definition) is 6. The molecule has 5 aromatic rings. The van der Waals surface area contributed by atoms with E-state index >= 15 is 0 Å². The van der Waals surface area contributed by atoms with Crippen molar-refractivity contribution in [3.8, 4) is 11.5 Å². The number of aromatic nitrogens is 1. The zero-order valence-electron chi connectivity index (χ0n) is 31.9. The van der Waals surface area contributed by atoms with E-state index in [1.807, 2.05) is 60.7 Å². The number of aliphatic hydroxyl groups is 1. The van der Waals surface area contributed by atoms with Gasteiger partial charge in [-0.1, -0.05) is 61.0 Å². The number of amides is 1. The summed E-state index contributed by atoms with van der Waals surface area (Å²) in [5, 5.41) is 37.7. The number of fused-ring (bicyclic) bond motifs is 4. The molecule has 3 atom stereocenters. The largest absolute Gasteiger partial charge is 0.506 e. The third kappa shape index (κ3) is 10.0. The lowest BCUT2D eigenvalue weighted by atomic mass is 9.86. The maximum absolute atomic E-state index is 13.3. The predicted octanol–water partition coefficient (Wildman–Crippen LogP) is 6.46. The van der Waals surface area contributed by atoms with E-state index in [0.29, 0.717) is 47.6 Å². The van der Waals surface area contributed by atoms with Gasteiger partial charge in [0.05, 0.1) is 23.2 Å². The summed E-state index contributed by atoms with van der Waals surface area (Å²) >= 11 is 0. The number of benzene rings is 4. The molecule has 3 saturated heterocycles. The zero-order valence-corrected chi connectivity index (χ0v) is 31.9. The Labute approximate surface area is 331 Å². The van der Waals surface area contributed by atoms with Gasteiger partial charge in [-0.05, 0) is 122 Å². The zero-order chi connectivity index (χ0) is 39.7. The van der Waals surface area contributed by atoms with Crippen LogP contribution in [0.1, 0.15) is 82.4 Å². The molecule has 1 aromatic heterocycles. The number of ether oxygens (including phenoxy) is 2. The number of H-pyrrole nitrogens is 1. The molecule has 3 fully saturated rings. The number of alkyl carbamates (subject to hydrolysis) is 1. The number of aromatic hydroxyl groups is 1. The number of carbonyl (C=O) groups excluding carboxylic acids is 1. The number of hydrogen-bond acceptors (Lipinski definition) is 9. The van der Waals surface area contributed by atoms with Crippen molar-refractivity contribution in [3.05, 3.63) is 141 Å². The van der Waals surface area contributed by atoms with Crippen molar-refractivity contribution in [2.75, 3.05) is 32.7 Å². The average molecular weight is 775 g/mol. The Morgan fingerprint density at radius 3 is 2.46 bits per heavy atom. The van der Waals surface area contributed by atoms with Crippen LogP contribution in [0.4, 0.5) is 4.79 Å². The van der Waals surface area contributed by atoms with Crippen molar-refractivity contribution in [1.82, 2.24) is 20.5 Å². The van der Waals surface area contributed by atoms with E-state index in [9.17, 15) is 29.7 Å². The van der Waals surface area contributed by atoms with Gasteiger partial charge >= 0.3 is 12.1 Å². The molecule has 298 valence electrons. The number of piperidine rings is 3. The molecule has 8 rings (SSSR count). The van der Waals surface area contributed by atoms with Gasteiger partial charge in [-0.25, -0.2) is 9.59 Å². The quantitative estimate of drug-likeness (QED) is 0.0576. The first-order valence-corrected chi connectivity index (χ1v) is 19.8. The fraction of sp³-hybridized carbons (Fsp3) is 0.356. The summed E-state index contributed by atoms with van der Waals surface area (Å²) in [6.07, 6.45) is 3.94. The standard InChI is InChI=1S/C45H50N4O8/c50-38-17-15-36(37-16-18-41(52)47-43(37)38)39(51)26-46-21-6-2-5-10-31-24-33(44(53)54)13-14-34(31)28-56-35-12-7-11-32(25-35)42(30-8-3-1-4-9-30)48-45(55)57-40-27-49-22-19-29(40)20-23-49/h1,3-4,7-9,11-18,24-25,29,39-40,42,46,50-51H,2,5-6,10,19-23,26-28H2,(H,47,52)(H,48,55)(H,53,54)/t39-,40-,42?/m0/s1. The van der Waals surface area contributed by atoms with Crippen LogP contribution in [-0.4, -0.2) is 76.1 Å². The van der Waals surface area contributed by atoms with Gasteiger partial charge in [-0.15, -0.1) is 0 Å². The number of nitrogens with zero attached hydrogens (tertiary/aromatic N) is 1. The molecular weight excluding hydrogens is 725 g/mol. The topological polar surface area (TPSA) is 173 Å². The number of pyridine rings is 1. The van der Waals surface area contributed by atoms with Crippen molar-refractivity contribution in [1.29, 1.82) is 0 Å². The van der Waals surface area contributed by atoms with E-state index in [2.05, 4.69) is 20.5 Å². The Kier molecular flexibility index (Phi) is 12.8. The molecule has 6 N–H and O–H groups in total. The van der Waals surface area contributed by atoms with Crippen LogP contribution in [0, 0.1) is 5.92 Å². The first-order valence-electron chi connectivity index (χ1n) is 19.8. The van der Waals surface area contributed by atoms with E-state index in [1.165, 1.54) is 12.1 Å². The molecule has 0 spiro atoms. The van der Waals surface area contributed by atoms with E-state index < -0.39 is 24.2 Å². The number of unbranched alkanes of at least 4 members (excludes halogenated alkanes) is 2. The predicted molar refractivity (Wildman–Crippen MR) is 217 cm³/mol. The van der Waals surface area contributed by atoms with E-state index in [0.717, 1.165) is 74.0 Å². The lowest BCUT2D eigenvalue weighted by Crippen LogP contribution is -2.52. The van der Waals surface area contributed by atoms with Gasteiger partial charge < -0.3 is 40.4 Å². The summed E-state index contributed by atoms with van der Waals surface area (Å²) in [5.41, 5.74) is 4.37. The minimum absolute atomic E-state index is 0.0518. The minimum atomic E-state index is -0.988. The summed E-state index contributed by atoms with van der Waals surface area (Å²) in [4.78, 5) is 41.9. The summed E-state index contributed by atoms with van der Waals surface area (Å²) in [5.74, 6) is -0.0149. The number of rotatable bonds is 17. The van der Waals surface area contributed by atoms with Crippen LogP contribution in [0.5, 0.6) is 11.5 Å². The van der Waals surface area contributed by atoms with Crippen LogP contribution >= 0.6 is 0 Å². The summed E-state index contributed by atoms with van der Waals surface area (Å²) in [6.45, 7) is 4.12. The van der Waals surface area contributed by atoms with Crippen molar-refractivity contribution in [2.24, 2.45) is 5.92 Å². The molecule has 4 aromatic carbocycles. The van der Waals surface area contributed by atoms with Crippen LogP contribution in [-0.2, 0) is 17.8 Å². The SMILES string of the molecule is O=C(NC(c1ccccc1)c1cccc(OCc2ccc(C(=O)O)cc2CCCCCNC[C@H](O)c2ccc(O)c3[nH]c(=O)ccc23)c1)O[C@H]1CN2CCC1CC2. The van der Waals surface area contributed by atoms with E-state index in [-0.39, 0.29) is 29.6 Å². The Morgan fingerprint density at radius 1 is 0.877 bits per heavy atom.